The summed E-state index contributed by atoms with van der Waals surface area (Å²) in [5, 5.41) is 22.5. The lowest BCUT2D eigenvalue weighted by atomic mass is 9.74. The van der Waals surface area contributed by atoms with Crippen LogP contribution in [0.4, 0.5) is 5.13 Å². The second-order valence-corrected chi connectivity index (χ2v) is 6.70. The average molecular weight is 339 g/mol. The highest BCUT2D eigenvalue weighted by Gasteiger charge is 2.50. The van der Waals surface area contributed by atoms with Crippen LogP contribution in [0.1, 0.15) is 36.6 Å². The maximum Gasteiger partial charge on any atom is 0.186 e. The molecule has 124 valence electrons. The zero-order chi connectivity index (χ0) is 17.1. The molecule has 24 heavy (non-hydrogen) atoms. The highest BCUT2D eigenvalue weighted by molar-refractivity contribution is 7.13. The fourth-order valence-electron chi connectivity index (χ4n) is 3.37. The minimum atomic E-state index is -0.301. The maximum absolute atomic E-state index is 9.96. The van der Waals surface area contributed by atoms with Gasteiger partial charge in [-0.3, -0.25) is 0 Å². The van der Waals surface area contributed by atoms with E-state index < -0.39 is 0 Å². The average Bonchev–Trinajstić information content (AvgIpc) is 3.05. The third-order valence-electron chi connectivity index (χ3n) is 4.56. The van der Waals surface area contributed by atoms with E-state index in [2.05, 4.69) is 36.2 Å². The minimum absolute atomic E-state index is 0.00799. The van der Waals surface area contributed by atoms with E-state index in [9.17, 15) is 10.4 Å². The number of nitrogens with zero attached hydrogens (tertiary/aromatic N) is 3. The van der Waals surface area contributed by atoms with E-state index in [4.69, 9.17) is 0 Å². The zero-order valence-electron chi connectivity index (χ0n) is 13.9. The van der Waals surface area contributed by atoms with Crippen LogP contribution in [0, 0.1) is 11.3 Å². The van der Waals surface area contributed by atoms with Crippen LogP contribution < -0.4 is 4.90 Å². The lowest BCUT2D eigenvalue weighted by Crippen LogP contribution is -2.63. The lowest BCUT2D eigenvalue weighted by molar-refractivity contribution is 0.187. The largest absolute Gasteiger partial charge is 0.394 e. The molecule has 1 aliphatic rings. The van der Waals surface area contributed by atoms with Gasteiger partial charge >= 0.3 is 0 Å². The molecule has 4 nitrogen and oxygen atoms in total. The molecule has 1 aromatic carbocycles. The number of aromatic nitrogens is 1. The number of hydrogen-bond acceptors (Lipinski definition) is 5. The maximum atomic E-state index is 9.96. The number of rotatable bonds is 5. The SMILES string of the molecule is C/C=C/c1ccccc1[C@H]1[C@@H](C#N)N(c2nc(CC)cs2)[C@@H]1CO. The van der Waals surface area contributed by atoms with Crippen molar-refractivity contribution in [3.05, 3.63) is 52.5 Å². The van der Waals surface area contributed by atoms with Gasteiger partial charge in [-0.15, -0.1) is 11.3 Å². The van der Waals surface area contributed by atoms with Gasteiger partial charge in [0.05, 0.1) is 24.4 Å². The minimum Gasteiger partial charge on any atom is -0.394 e. The van der Waals surface area contributed by atoms with E-state index in [-0.39, 0.29) is 24.6 Å². The summed E-state index contributed by atoms with van der Waals surface area (Å²) in [5.74, 6) is -0.0126. The lowest BCUT2D eigenvalue weighted by Gasteiger charge is -2.52. The number of thiazole rings is 1. The summed E-state index contributed by atoms with van der Waals surface area (Å²) < 4.78 is 0. The standard InChI is InChI=1S/C19H21N3OS/c1-3-7-13-8-5-6-9-15(13)18-16(10-20)22(17(18)11-23)19-21-14(4-2)12-24-19/h3,5-9,12,16-18,23H,4,11H2,1-2H3/b7-3+/t16-,17-,18+/m1/s1. The Labute approximate surface area is 146 Å². The van der Waals surface area contributed by atoms with Crippen LogP contribution in [0.15, 0.2) is 35.7 Å². The Bertz CT molecular complexity index is 777. The van der Waals surface area contributed by atoms with E-state index in [1.54, 1.807) is 11.3 Å². The van der Waals surface area contributed by atoms with Crippen molar-refractivity contribution in [3.63, 3.8) is 0 Å². The van der Waals surface area contributed by atoms with Crippen LogP contribution in [0.5, 0.6) is 0 Å². The van der Waals surface area contributed by atoms with E-state index in [1.165, 1.54) is 0 Å². The molecule has 0 amide bonds. The van der Waals surface area contributed by atoms with Crippen LogP contribution in [0.3, 0.4) is 0 Å². The summed E-state index contributed by atoms with van der Waals surface area (Å²) in [7, 11) is 0. The van der Waals surface area contributed by atoms with Crippen molar-refractivity contribution in [2.24, 2.45) is 0 Å². The molecular weight excluding hydrogens is 318 g/mol. The number of hydrogen-bond donors (Lipinski definition) is 1. The van der Waals surface area contributed by atoms with Crippen molar-refractivity contribution in [1.29, 1.82) is 5.26 Å². The molecule has 0 saturated carbocycles. The van der Waals surface area contributed by atoms with Crippen LogP contribution in [0.25, 0.3) is 6.08 Å². The Kier molecular flexibility index (Phi) is 4.98. The summed E-state index contributed by atoms with van der Waals surface area (Å²) in [6.07, 6.45) is 4.93. The highest BCUT2D eigenvalue weighted by atomic mass is 32.1. The van der Waals surface area contributed by atoms with Gasteiger partial charge in [-0.25, -0.2) is 4.98 Å². The fourth-order valence-corrected chi connectivity index (χ4v) is 4.37. The Balaban J connectivity index is 1.97. The number of aliphatic hydroxyl groups is 1. The molecule has 1 aliphatic heterocycles. The second kappa shape index (κ2) is 7.16. The van der Waals surface area contributed by atoms with Crippen molar-refractivity contribution in [2.45, 2.75) is 38.3 Å². The summed E-state index contributed by atoms with van der Waals surface area (Å²) >= 11 is 1.55. The van der Waals surface area contributed by atoms with Gasteiger partial charge < -0.3 is 10.0 Å². The molecule has 2 heterocycles. The first kappa shape index (κ1) is 16.7. The second-order valence-electron chi connectivity index (χ2n) is 5.86. The predicted molar refractivity (Wildman–Crippen MR) is 98.1 cm³/mol. The highest BCUT2D eigenvalue weighted by Crippen LogP contribution is 2.45. The summed E-state index contributed by atoms with van der Waals surface area (Å²) in [6, 6.07) is 10.1. The summed E-state index contributed by atoms with van der Waals surface area (Å²) in [4.78, 5) is 6.58. The van der Waals surface area contributed by atoms with Gasteiger partial charge in [-0.05, 0) is 24.5 Å². The van der Waals surface area contributed by atoms with E-state index in [0.29, 0.717) is 0 Å². The van der Waals surface area contributed by atoms with Gasteiger partial charge in [0.25, 0.3) is 0 Å². The normalized spacial score (nSPS) is 23.2. The Morgan fingerprint density at radius 1 is 1.42 bits per heavy atom. The summed E-state index contributed by atoms with van der Waals surface area (Å²) in [5.41, 5.74) is 3.25. The number of benzene rings is 1. The van der Waals surface area contributed by atoms with Crippen molar-refractivity contribution in [1.82, 2.24) is 4.98 Å². The molecule has 1 N–H and O–H groups in total. The molecule has 3 rings (SSSR count). The first-order valence-electron chi connectivity index (χ1n) is 8.20. The quantitative estimate of drug-likeness (QED) is 0.904. The van der Waals surface area contributed by atoms with Crippen molar-refractivity contribution in [2.75, 3.05) is 11.5 Å². The molecule has 5 heteroatoms. The predicted octanol–water partition coefficient (Wildman–Crippen LogP) is 3.60. The third kappa shape index (κ3) is 2.72. The molecule has 0 spiro atoms. The number of anilines is 1. The van der Waals surface area contributed by atoms with Crippen LogP contribution in [0.2, 0.25) is 0 Å². The molecule has 0 bridgehead atoms. The first-order chi connectivity index (χ1) is 11.7. The first-order valence-corrected chi connectivity index (χ1v) is 9.07. The molecular formula is C19H21N3OS. The van der Waals surface area contributed by atoms with Crippen molar-refractivity contribution < 1.29 is 5.11 Å². The third-order valence-corrected chi connectivity index (χ3v) is 5.46. The Hall–Kier alpha value is -2.16. The number of nitriles is 1. The molecule has 1 fully saturated rings. The van der Waals surface area contributed by atoms with Crippen molar-refractivity contribution in [3.8, 4) is 6.07 Å². The molecule has 1 saturated heterocycles. The summed E-state index contributed by atoms with van der Waals surface area (Å²) in [6.45, 7) is 4.06. The molecule has 3 atom stereocenters. The van der Waals surface area contributed by atoms with Crippen LogP contribution in [-0.2, 0) is 6.42 Å². The van der Waals surface area contributed by atoms with Crippen LogP contribution >= 0.6 is 11.3 Å². The van der Waals surface area contributed by atoms with Gasteiger partial charge in [-0.2, -0.15) is 5.26 Å². The van der Waals surface area contributed by atoms with E-state index in [1.807, 2.05) is 35.4 Å². The van der Waals surface area contributed by atoms with Gasteiger partial charge in [0.2, 0.25) is 0 Å². The van der Waals surface area contributed by atoms with E-state index in [0.717, 1.165) is 28.4 Å². The Morgan fingerprint density at radius 2 is 2.21 bits per heavy atom. The number of aliphatic hydroxyl groups excluding tert-OH is 1. The van der Waals surface area contributed by atoms with Crippen molar-refractivity contribution >= 4 is 22.5 Å². The molecule has 0 radical (unpaired) electrons. The zero-order valence-corrected chi connectivity index (χ0v) is 14.7. The molecule has 0 unspecified atom stereocenters. The van der Waals surface area contributed by atoms with Gasteiger partial charge in [-0.1, -0.05) is 43.3 Å². The molecule has 0 aliphatic carbocycles. The van der Waals surface area contributed by atoms with Gasteiger partial charge in [0.15, 0.2) is 5.13 Å². The Morgan fingerprint density at radius 3 is 2.83 bits per heavy atom. The smallest absolute Gasteiger partial charge is 0.186 e. The van der Waals surface area contributed by atoms with E-state index >= 15 is 0 Å². The van der Waals surface area contributed by atoms with Crippen LogP contribution in [-0.4, -0.2) is 28.8 Å². The van der Waals surface area contributed by atoms with Gasteiger partial charge in [0.1, 0.15) is 6.04 Å². The fraction of sp³-hybridized carbons (Fsp3) is 0.368. The number of aryl methyl sites for hydroxylation is 1. The monoisotopic (exact) mass is 339 g/mol. The van der Waals surface area contributed by atoms with Gasteiger partial charge in [0, 0.05) is 11.3 Å². The molecule has 1 aromatic heterocycles. The number of allylic oxidation sites excluding steroid dienone is 1. The topological polar surface area (TPSA) is 60.2 Å². The molecule has 2 aromatic rings.